The number of thiophene rings is 1. The molecule has 0 radical (unpaired) electrons. The van der Waals surface area contributed by atoms with Gasteiger partial charge in [-0.3, -0.25) is 5.41 Å². The fraction of sp³-hybridized carbons (Fsp3) is 0.312. The summed E-state index contributed by atoms with van der Waals surface area (Å²) in [5, 5.41) is 10.4. The van der Waals surface area contributed by atoms with E-state index in [2.05, 4.69) is 29.3 Å². The number of fused-ring (bicyclic) bond motifs is 1. The van der Waals surface area contributed by atoms with Crippen molar-refractivity contribution in [2.75, 3.05) is 0 Å². The van der Waals surface area contributed by atoms with Crippen molar-refractivity contribution < 1.29 is 4.39 Å². The molecule has 1 aromatic carbocycles. The summed E-state index contributed by atoms with van der Waals surface area (Å²) in [6.07, 6.45) is 2.08. The average Bonchev–Trinajstić information content (AvgIpc) is 3.06. The van der Waals surface area contributed by atoms with Crippen LogP contribution in [0.3, 0.4) is 0 Å². The van der Waals surface area contributed by atoms with Gasteiger partial charge in [-0.25, -0.2) is 4.39 Å². The third kappa shape index (κ3) is 2.24. The third-order valence-electron chi connectivity index (χ3n) is 3.76. The quantitative estimate of drug-likeness (QED) is 0.876. The zero-order chi connectivity index (χ0) is 14.1. The van der Waals surface area contributed by atoms with Gasteiger partial charge in [-0.1, -0.05) is 25.5 Å². The lowest BCUT2D eigenvalue weighted by Gasteiger charge is -2.28. The summed E-state index contributed by atoms with van der Waals surface area (Å²) in [5.41, 5.74) is 1.79. The Labute approximate surface area is 122 Å². The molecule has 0 bridgehead atoms. The fourth-order valence-corrected chi connectivity index (χ4v) is 3.67. The van der Waals surface area contributed by atoms with Crippen LogP contribution in [0.5, 0.6) is 0 Å². The van der Waals surface area contributed by atoms with Crippen molar-refractivity contribution in [3.05, 3.63) is 57.5 Å². The van der Waals surface area contributed by atoms with Crippen LogP contribution in [-0.2, 0) is 6.54 Å². The highest BCUT2D eigenvalue weighted by atomic mass is 32.1. The van der Waals surface area contributed by atoms with E-state index in [1.54, 1.807) is 17.4 Å². The third-order valence-corrected chi connectivity index (χ3v) is 4.74. The number of nitrogens with zero attached hydrogens (tertiary/aromatic N) is 1. The van der Waals surface area contributed by atoms with Crippen molar-refractivity contribution in [1.82, 2.24) is 4.90 Å². The Kier molecular flexibility index (Phi) is 3.57. The molecule has 1 aliphatic heterocycles. The van der Waals surface area contributed by atoms with Crippen LogP contribution in [0.2, 0.25) is 0 Å². The van der Waals surface area contributed by atoms with Crippen LogP contribution in [-0.4, -0.2) is 10.7 Å². The maximum absolute atomic E-state index is 13.4. The Balaban J connectivity index is 1.93. The van der Waals surface area contributed by atoms with E-state index in [4.69, 9.17) is 5.41 Å². The van der Waals surface area contributed by atoms with E-state index in [1.807, 2.05) is 0 Å². The monoisotopic (exact) mass is 288 g/mol. The molecule has 0 aliphatic carbocycles. The number of halogens is 1. The van der Waals surface area contributed by atoms with Gasteiger partial charge in [0.2, 0.25) is 0 Å². The van der Waals surface area contributed by atoms with Gasteiger partial charge in [0.1, 0.15) is 11.7 Å². The van der Waals surface area contributed by atoms with Gasteiger partial charge in [-0.2, -0.15) is 0 Å². The van der Waals surface area contributed by atoms with Crippen molar-refractivity contribution in [3.8, 4) is 0 Å². The largest absolute Gasteiger partial charge is 0.344 e. The molecule has 0 spiro atoms. The van der Waals surface area contributed by atoms with Gasteiger partial charge in [0.25, 0.3) is 0 Å². The van der Waals surface area contributed by atoms with Crippen molar-refractivity contribution in [3.63, 3.8) is 0 Å². The molecule has 4 heteroatoms. The second-order valence-electron chi connectivity index (χ2n) is 5.10. The maximum atomic E-state index is 13.4. The van der Waals surface area contributed by atoms with Gasteiger partial charge in [0.15, 0.2) is 0 Å². The molecule has 0 amide bonds. The van der Waals surface area contributed by atoms with Crippen LogP contribution < -0.4 is 0 Å². The highest BCUT2D eigenvalue weighted by Gasteiger charge is 2.31. The molecule has 1 atom stereocenters. The highest BCUT2D eigenvalue weighted by molar-refractivity contribution is 7.10. The SMILES string of the molecule is CCCC(c1cccs1)N1Cc2ccc(F)cc2C1=N. The zero-order valence-electron chi connectivity index (χ0n) is 11.4. The lowest BCUT2D eigenvalue weighted by Crippen LogP contribution is -2.28. The van der Waals surface area contributed by atoms with E-state index in [1.165, 1.54) is 17.0 Å². The standard InChI is InChI=1S/C16H17FN2S/c1-2-4-14(15-5-3-8-20-15)19-10-11-6-7-12(17)9-13(11)16(19)18/h3,5-9,14,18H,2,4,10H2,1H3. The molecule has 0 saturated heterocycles. The molecule has 1 aliphatic rings. The van der Waals surface area contributed by atoms with Crippen LogP contribution in [0, 0.1) is 11.2 Å². The minimum absolute atomic E-state index is 0.225. The molecule has 20 heavy (non-hydrogen) atoms. The highest BCUT2D eigenvalue weighted by Crippen LogP contribution is 2.36. The summed E-state index contributed by atoms with van der Waals surface area (Å²) >= 11 is 1.73. The molecule has 0 saturated carbocycles. The molecule has 2 nitrogen and oxygen atoms in total. The van der Waals surface area contributed by atoms with Crippen LogP contribution in [0.4, 0.5) is 4.39 Å². The molecule has 0 fully saturated rings. The van der Waals surface area contributed by atoms with E-state index in [0.29, 0.717) is 12.4 Å². The van der Waals surface area contributed by atoms with E-state index >= 15 is 0 Å². The minimum atomic E-state index is -0.265. The summed E-state index contributed by atoms with van der Waals surface area (Å²) in [6.45, 7) is 2.87. The zero-order valence-corrected chi connectivity index (χ0v) is 12.2. The lowest BCUT2D eigenvalue weighted by atomic mass is 10.1. The van der Waals surface area contributed by atoms with Gasteiger partial charge in [-0.05, 0) is 35.6 Å². The number of nitrogens with one attached hydrogen (secondary N) is 1. The Bertz CT molecular complexity index is 621. The molecular formula is C16H17FN2S. The van der Waals surface area contributed by atoms with Gasteiger partial charge in [0.05, 0.1) is 6.04 Å². The Hall–Kier alpha value is -1.68. The first-order valence-electron chi connectivity index (χ1n) is 6.88. The van der Waals surface area contributed by atoms with Gasteiger partial charge in [0, 0.05) is 17.0 Å². The van der Waals surface area contributed by atoms with Crippen molar-refractivity contribution in [2.45, 2.75) is 32.4 Å². The first-order valence-corrected chi connectivity index (χ1v) is 7.76. The van der Waals surface area contributed by atoms with Gasteiger partial charge >= 0.3 is 0 Å². The molecular weight excluding hydrogens is 271 g/mol. The van der Waals surface area contributed by atoms with E-state index in [0.717, 1.165) is 24.0 Å². The van der Waals surface area contributed by atoms with Crippen LogP contribution in [0.25, 0.3) is 0 Å². The van der Waals surface area contributed by atoms with E-state index in [-0.39, 0.29) is 11.9 Å². The number of amidine groups is 1. The molecule has 1 N–H and O–H groups in total. The Morgan fingerprint density at radius 1 is 1.40 bits per heavy atom. The van der Waals surface area contributed by atoms with E-state index < -0.39 is 0 Å². The molecule has 104 valence electrons. The van der Waals surface area contributed by atoms with Crippen LogP contribution in [0.15, 0.2) is 35.7 Å². The van der Waals surface area contributed by atoms with Gasteiger partial charge < -0.3 is 4.90 Å². The predicted molar refractivity (Wildman–Crippen MR) is 80.7 cm³/mol. The van der Waals surface area contributed by atoms with Crippen molar-refractivity contribution >= 4 is 17.2 Å². The first-order chi connectivity index (χ1) is 9.70. The topological polar surface area (TPSA) is 27.1 Å². The van der Waals surface area contributed by atoms with Gasteiger partial charge in [-0.15, -0.1) is 11.3 Å². The normalized spacial score (nSPS) is 15.5. The average molecular weight is 288 g/mol. The maximum Gasteiger partial charge on any atom is 0.129 e. The summed E-state index contributed by atoms with van der Waals surface area (Å²) in [4.78, 5) is 3.38. The summed E-state index contributed by atoms with van der Waals surface area (Å²) < 4.78 is 13.4. The fourth-order valence-electron chi connectivity index (χ4n) is 2.80. The summed E-state index contributed by atoms with van der Waals surface area (Å²) in [5.74, 6) is 0.185. The van der Waals surface area contributed by atoms with E-state index in [9.17, 15) is 4.39 Å². The number of hydrogen-bond donors (Lipinski definition) is 1. The van der Waals surface area contributed by atoms with Crippen molar-refractivity contribution in [1.29, 1.82) is 5.41 Å². The lowest BCUT2D eigenvalue weighted by molar-refractivity contribution is 0.305. The Morgan fingerprint density at radius 2 is 2.25 bits per heavy atom. The molecule has 3 rings (SSSR count). The number of rotatable bonds is 4. The summed E-state index contributed by atoms with van der Waals surface area (Å²) in [7, 11) is 0. The predicted octanol–water partition coefficient (Wildman–Crippen LogP) is 4.57. The van der Waals surface area contributed by atoms with Crippen molar-refractivity contribution in [2.24, 2.45) is 0 Å². The molecule has 1 aromatic heterocycles. The van der Waals surface area contributed by atoms with Crippen LogP contribution >= 0.6 is 11.3 Å². The summed E-state index contributed by atoms with van der Waals surface area (Å²) in [6, 6.07) is 9.17. The second kappa shape index (κ2) is 5.37. The number of benzene rings is 1. The second-order valence-corrected chi connectivity index (χ2v) is 6.08. The molecule has 1 unspecified atom stereocenters. The first kappa shape index (κ1) is 13.3. The number of hydrogen-bond acceptors (Lipinski definition) is 2. The molecule has 2 heterocycles. The minimum Gasteiger partial charge on any atom is -0.344 e. The Morgan fingerprint density at radius 3 is 2.95 bits per heavy atom. The van der Waals surface area contributed by atoms with Crippen LogP contribution in [0.1, 0.15) is 41.8 Å². The molecule has 2 aromatic rings. The smallest absolute Gasteiger partial charge is 0.129 e.